The molecule has 2 aromatic heterocycles. The summed E-state index contributed by atoms with van der Waals surface area (Å²) in [5, 5.41) is 13.4. The summed E-state index contributed by atoms with van der Waals surface area (Å²) in [6, 6.07) is 13.4. The number of nitrogens with zero attached hydrogens (tertiary/aromatic N) is 5. The summed E-state index contributed by atoms with van der Waals surface area (Å²) >= 11 is 0. The second-order valence-corrected chi connectivity index (χ2v) is 9.43. The fourth-order valence-corrected chi connectivity index (χ4v) is 4.98. The Hall–Kier alpha value is -3.92. The Morgan fingerprint density at radius 2 is 1.92 bits per heavy atom. The van der Waals surface area contributed by atoms with Crippen LogP contribution in [0.15, 0.2) is 53.3 Å². The Morgan fingerprint density at radius 3 is 2.65 bits per heavy atom. The van der Waals surface area contributed by atoms with E-state index < -0.39 is 6.04 Å². The number of tetrazole rings is 1. The van der Waals surface area contributed by atoms with Gasteiger partial charge in [0.25, 0.3) is 5.56 Å². The molecule has 37 heavy (non-hydrogen) atoms. The smallest absolute Gasteiger partial charge is 0.309 e. The van der Waals surface area contributed by atoms with Crippen molar-refractivity contribution in [3.63, 3.8) is 0 Å². The lowest BCUT2D eigenvalue weighted by Gasteiger charge is -2.36. The first-order chi connectivity index (χ1) is 17.9. The minimum absolute atomic E-state index is 0.176. The number of rotatable bonds is 7. The third-order valence-corrected chi connectivity index (χ3v) is 6.89. The normalized spacial score (nSPS) is 15.6. The Morgan fingerprint density at radius 1 is 1.16 bits per heavy atom. The molecule has 1 saturated heterocycles. The van der Waals surface area contributed by atoms with Crippen LogP contribution in [0.2, 0.25) is 0 Å². The van der Waals surface area contributed by atoms with Crippen LogP contribution in [0.1, 0.15) is 48.3 Å². The number of fused-ring (bicyclic) bond motifs is 1. The Bertz CT molecular complexity index is 1460. The molecule has 0 aliphatic carbocycles. The summed E-state index contributed by atoms with van der Waals surface area (Å²) in [5.41, 5.74) is 2.98. The molecule has 1 aliphatic heterocycles. The number of carbonyl (C=O) groups excluding carboxylic acids is 1. The zero-order valence-corrected chi connectivity index (χ0v) is 20.9. The lowest BCUT2D eigenvalue weighted by atomic mass is 9.93. The Kier molecular flexibility index (Phi) is 7.09. The van der Waals surface area contributed by atoms with Crippen molar-refractivity contribution in [3.8, 4) is 0 Å². The van der Waals surface area contributed by atoms with Crippen LogP contribution in [0.5, 0.6) is 0 Å². The van der Waals surface area contributed by atoms with Crippen LogP contribution in [0, 0.1) is 18.7 Å². The first-order valence-electron chi connectivity index (χ1n) is 12.5. The number of hydrogen-bond acceptors (Lipinski definition) is 7. The number of esters is 1. The van der Waals surface area contributed by atoms with Crippen molar-refractivity contribution in [2.75, 3.05) is 19.7 Å². The Labute approximate surface area is 213 Å². The highest BCUT2D eigenvalue weighted by Gasteiger charge is 2.35. The van der Waals surface area contributed by atoms with Gasteiger partial charge in [-0.3, -0.25) is 14.5 Å². The van der Waals surface area contributed by atoms with Gasteiger partial charge >= 0.3 is 5.97 Å². The van der Waals surface area contributed by atoms with Crippen molar-refractivity contribution in [2.24, 2.45) is 5.92 Å². The topological polar surface area (TPSA) is 106 Å². The summed E-state index contributed by atoms with van der Waals surface area (Å²) in [6.07, 6.45) is 1.22. The lowest BCUT2D eigenvalue weighted by Crippen LogP contribution is -2.42. The molecule has 0 bridgehead atoms. The monoisotopic (exact) mass is 504 g/mol. The standard InChI is InChI=1S/C27H29FN6O3/c1-3-37-27(36)19-10-12-33(13-11-19)24(22-15-20-14-17(2)4-9-23(20)29-26(22)35)25-30-31-32-34(25)16-18-5-7-21(28)8-6-18/h4-9,14-15,19,24H,3,10-13,16H2,1-2H3,(H,29,35)/t24-/m1/s1. The van der Waals surface area contributed by atoms with Crippen LogP contribution in [0.3, 0.4) is 0 Å². The molecule has 5 rings (SSSR count). The maximum atomic E-state index is 13.4. The number of carbonyl (C=O) groups is 1. The molecule has 4 aromatic rings. The van der Waals surface area contributed by atoms with Gasteiger partial charge in [-0.25, -0.2) is 9.07 Å². The van der Waals surface area contributed by atoms with Crippen molar-refractivity contribution in [2.45, 2.75) is 39.3 Å². The summed E-state index contributed by atoms with van der Waals surface area (Å²) in [4.78, 5) is 30.9. The molecule has 0 amide bonds. The number of halogens is 1. The van der Waals surface area contributed by atoms with E-state index in [2.05, 4.69) is 25.4 Å². The van der Waals surface area contributed by atoms with Gasteiger partial charge in [0, 0.05) is 24.2 Å². The maximum absolute atomic E-state index is 13.4. The zero-order chi connectivity index (χ0) is 25.9. The number of nitrogens with one attached hydrogen (secondary N) is 1. The Balaban J connectivity index is 1.54. The number of H-pyrrole nitrogens is 1. The number of hydrogen-bond donors (Lipinski definition) is 1. The van der Waals surface area contributed by atoms with E-state index in [0.29, 0.717) is 50.5 Å². The number of aryl methyl sites for hydroxylation is 1. The maximum Gasteiger partial charge on any atom is 0.309 e. The van der Waals surface area contributed by atoms with Crippen LogP contribution in [-0.4, -0.2) is 55.8 Å². The molecule has 192 valence electrons. The molecule has 0 spiro atoms. The number of ether oxygens (including phenoxy) is 1. The second-order valence-electron chi connectivity index (χ2n) is 9.43. The molecular weight excluding hydrogens is 475 g/mol. The van der Waals surface area contributed by atoms with E-state index in [1.807, 2.05) is 31.2 Å². The van der Waals surface area contributed by atoms with Crippen LogP contribution >= 0.6 is 0 Å². The SMILES string of the molecule is CCOC(=O)C1CCN([C@H](c2cc3cc(C)ccc3[nH]c2=O)c2nnnn2Cc2ccc(F)cc2)CC1. The summed E-state index contributed by atoms with van der Waals surface area (Å²) in [6.45, 7) is 5.63. The van der Waals surface area contributed by atoms with E-state index in [1.165, 1.54) is 12.1 Å². The van der Waals surface area contributed by atoms with Crippen molar-refractivity contribution >= 4 is 16.9 Å². The molecule has 3 heterocycles. The average Bonchev–Trinajstić information content (AvgIpc) is 3.34. The predicted octanol–water partition coefficient (Wildman–Crippen LogP) is 3.37. The number of aromatic nitrogens is 5. The fourth-order valence-electron chi connectivity index (χ4n) is 4.98. The van der Waals surface area contributed by atoms with E-state index in [0.717, 1.165) is 22.0 Å². The molecular formula is C27H29FN6O3. The minimum atomic E-state index is -0.535. The van der Waals surface area contributed by atoms with Gasteiger partial charge in [-0.15, -0.1) is 5.10 Å². The van der Waals surface area contributed by atoms with E-state index in [4.69, 9.17) is 4.74 Å². The van der Waals surface area contributed by atoms with Crippen molar-refractivity contribution in [1.29, 1.82) is 0 Å². The predicted molar refractivity (Wildman–Crippen MR) is 135 cm³/mol. The van der Waals surface area contributed by atoms with Crippen molar-refractivity contribution in [3.05, 3.63) is 87.2 Å². The van der Waals surface area contributed by atoms with Crippen LogP contribution in [0.4, 0.5) is 4.39 Å². The quantitative estimate of drug-likeness (QED) is 0.385. The summed E-state index contributed by atoms with van der Waals surface area (Å²) < 4.78 is 20.3. The molecule has 1 aliphatic rings. The van der Waals surface area contributed by atoms with Gasteiger partial charge in [0.15, 0.2) is 5.82 Å². The fraction of sp³-hybridized carbons (Fsp3) is 0.370. The molecule has 0 unspecified atom stereocenters. The first-order valence-corrected chi connectivity index (χ1v) is 12.5. The van der Waals surface area contributed by atoms with E-state index in [1.54, 1.807) is 23.7 Å². The first kappa shape index (κ1) is 24.8. The van der Waals surface area contributed by atoms with E-state index >= 15 is 0 Å². The van der Waals surface area contributed by atoms with Gasteiger partial charge < -0.3 is 9.72 Å². The number of pyridine rings is 1. The number of likely N-dealkylation sites (tertiary alicyclic amines) is 1. The highest BCUT2D eigenvalue weighted by Crippen LogP contribution is 2.31. The average molecular weight is 505 g/mol. The van der Waals surface area contributed by atoms with Gasteiger partial charge in [-0.05, 0) is 78.4 Å². The zero-order valence-electron chi connectivity index (χ0n) is 20.9. The van der Waals surface area contributed by atoms with Crippen LogP contribution < -0.4 is 5.56 Å². The molecule has 1 N–H and O–H groups in total. The number of piperidine rings is 1. The van der Waals surface area contributed by atoms with Crippen molar-refractivity contribution < 1.29 is 13.9 Å². The molecule has 1 fully saturated rings. The third kappa shape index (κ3) is 5.29. The van der Waals surface area contributed by atoms with Crippen LogP contribution in [0.25, 0.3) is 10.9 Å². The summed E-state index contributed by atoms with van der Waals surface area (Å²) in [5.74, 6) is -0.166. The van der Waals surface area contributed by atoms with Gasteiger partial charge in [-0.2, -0.15) is 0 Å². The molecule has 10 heteroatoms. The van der Waals surface area contributed by atoms with Gasteiger partial charge in [-0.1, -0.05) is 23.8 Å². The third-order valence-electron chi connectivity index (χ3n) is 6.89. The minimum Gasteiger partial charge on any atom is -0.466 e. The van der Waals surface area contributed by atoms with Crippen molar-refractivity contribution in [1.82, 2.24) is 30.1 Å². The largest absolute Gasteiger partial charge is 0.466 e. The molecule has 9 nitrogen and oxygen atoms in total. The molecule has 2 aromatic carbocycles. The van der Waals surface area contributed by atoms with Crippen LogP contribution in [-0.2, 0) is 16.1 Å². The lowest BCUT2D eigenvalue weighted by molar-refractivity contribution is -0.149. The number of aromatic amines is 1. The highest BCUT2D eigenvalue weighted by molar-refractivity contribution is 5.79. The van der Waals surface area contributed by atoms with Gasteiger partial charge in [0.05, 0.1) is 19.1 Å². The highest BCUT2D eigenvalue weighted by atomic mass is 19.1. The number of benzene rings is 2. The molecule has 0 saturated carbocycles. The molecule has 0 radical (unpaired) electrons. The van der Waals surface area contributed by atoms with Gasteiger partial charge in [0.1, 0.15) is 11.9 Å². The summed E-state index contributed by atoms with van der Waals surface area (Å²) in [7, 11) is 0. The second kappa shape index (κ2) is 10.6. The van der Waals surface area contributed by atoms with Gasteiger partial charge in [0.2, 0.25) is 0 Å². The van der Waals surface area contributed by atoms with E-state index in [9.17, 15) is 14.0 Å². The molecule has 1 atom stereocenters. The van der Waals surface area contributed by atoms with E-state index in [-0.39, 0.29) is 23.3 Å².